The minimum Gasteiger partial charge on any atom is -0.508 e. The number of Topliss-reactive ketones (excluding diaryl/α,β-unsaturated/α-hetero) is 2. The Hall–Kier alpha value is -2.92. The number of hydrogen-bond acceptors (Lipinski definition) is 9. The van der Waals surface area contributed by atoms with Crippen molar-refractivity contribution in [3.05, 3.63) is 45.2 Å². The zero-order chi connectivity index (χ0) is 26.4. The largest absolute Gasteiger partial charge is 0.508 e. The Labute approximate surface area is 191 Å². The molecule has 0 bridgehead atoms. The van der Waals surface area contributed by atoms with Gasteiger partial charge in [0.1, 0.15) is 22.8 Å². The molecule has 0 saturated heterocycles. The number of ketones is 2. The van der Waals surface area contributed by atoms with Crippen molar-refractivity contribution < 1.29 is 44.0 Å². The van der Waals surface area contributed by atoms with Crippen LogP contribution in [0.25, 0.3) is 5.76 Å². The van der Waals surface area contributed by atoms with Crippen LogP contribution in [0.15, 0.2) is 29.0 Å². The fourth-order valence-corrected chi connectivity index (χ4v) is 5.36. The van der Waals surface area contributed by atoms with E-state index in [0.29, 0.717) is 4.90 Å². The molecule has 3 aliphatic rings. The molecule has 1 amide bonds. The summed E-state index contributed by atoms with van der Waals surface area (Å²) in [6.07, 6.45) is -2.12. The predicted molar refractivity (Wildman–Crippen MR) is 111 cm³/mol. The molecule has 3 aliphatic carbocycles. The van der Waals surface area contributed by atoms with Gasteiger partial charge in [0, 0.05) is 32.1 Å². The van der Waals surface area contributed by atoms with Gasteiger partial charge in [0.15, 0.2) is 11.4 Å². The van der Waals surface area contributed by atoms with Crippen molar-refractivity contribution in [3.63, 3.8) is 0 Å². The van der Waals surface area contributed by atoms with E-state index >= 15 is 0 Å². The maximum atomic E-state index is 13.7. The standard InChI is InChI=1S/C21H21ClN2O8/c1-24(2)14-7-5-6-10(16(27)12-9(25)4-3-8(22)11(12)15(6)26)18(29)21(7,32)19(30)13(17(14)28)20(23)31/h3-4,6-7,14-15,25-27,30,32H,5H2,1-2H3,(H2,23,31)/t6-,7-,14-,15-,21-/m1/s1/i1D3. The minimum absolute atomic E-state index is 0.0566. The van der Waals surface area contributed by atoms with Gasteiger partial charge in [-0.25, -0.2) is 0 Å². The van der Waals surface area contributed by atoms with Crippen molar-refractivity contribution >= 4 is 34.8 Å². The second-order valence-electron chi connectivity index (χ2n) is 8.11. The molecule has 0 heterocycles. The zero-order valence-corrected chi connectivity index (χ0v) is 17.3. The van der Waals surface area contributed by atoms with E-state index < -0.39 is 88.9 Å². The van der Waals surface area contributed by atoms with Crippen molar-refractivity contribution in [1.29, 1.82) is 0 Å². The number of likely N-dealkylation sites (N-methyl/N-ethyl adjacent to an activating group) is 1. The number of aliphatic hydroxyl groups is 4. The molecule has 0 unspecified atom stereocenters. The van der Waals surface area contributed by atoms with Crippen LogP contribution in [-0.4, -0.2) is 73.6 Å². The summed E-state index contributed by atoms with van der Waals surface area (Å²) in [5.41, 5.74) is -0.0607. The van der Waals surface area contributed by atoms with Crippen LogP contribution in [0.5, 0.6) is 5.75 Å². The lowest BCUT2D eigenvalue weighted by Crippen LogP contribution is -2.66. The van der Waals surface area contributed by atoms with Crippen LogP contribution in [0.3, 0.4) is 0 Å². The van der Waals surface area contributed by atoms with E-state index in [2.05, 4.69) is 0 Å². The van der Waals surface area contributed by atoms with E-state index in [1.807, 2.05) is 0 Å². The molecule has 0 aliphatic heterocycles. The number of aromatic hydroxyl groups is 1. The van der Waals surface area contributed by atoms with Gasteiger partial charge in [0.2, 0.25) is 5.78 Å². The topological polar surface area (TPSA) is 182 Å². The number of amides is 1. The molecule has 10 nitrogen and oxygen atoms in total. The van der Waals surface area contributed by atoms with E-state index in [-0.39, 0.29) is 16.1 Å². The number of carbonyl (C=O) groups is 3. The molecular formula is C21H21ClN2O8. The summed E-state index contributed by atoms with van der Waals surface area (Å²) in [5, 5.41) is 54.5. The molecule has 170 valence electrons. The smallest absolute Gasteiger partial charge is 0.255 e. The van der Waals surface area contributed by atoms with Gasteiger partial charge in [-0.15, -0.1) is 0 Å². The number of nitrogens with zero attached hydrogens (tertiary/aromatic N) is 1. The molecular weight excluding hydrogens is 444 g/mol. The number of fused-ring (bicyclic) bond motifs is 3. The van der Waals surface area contributed by atoms with Crippen molar-refractivity contribution in [2.45, 2.75) is 24.2 Å². The van der Waals surface area contributed by atoms with Crippen LogP contribution in [0.4, 0.5) is 0 Å². The first-order valence-corrected chi connectivity index (χ1v) is 9.85. The fraction of sp³-hybridized carbons (Fsp3) is 0.381. The highest BCUT2D eigenvalue weighted by atomic mass is 35.5. The normalized spacial score (nSPS) is 33.8. The summed E-state index contributed by atoms with van der Waals surface area (Å²) in [4.78, 5) is 39.4. The first kappa shape index (κ1) is 18.6. The average Bonchev–Trinajstić information content (AvgIpc) is 2.74. The number of primary amides is 1. The lowest BCUT2D eigenvalue weighted by atomic mass is 9.57. The number of carbonyl (C=O) groups excluding carboxylic acids is 3. The van der Waals surface area contributed by atoms with Crippen LogP contribution < -0.4 is 5.73 Å². The molecule has 7 N–H and O–H groups in total. The van der Waals surface area contributed by atoms with Gasteiger partial charge in [-0.05, 0) is 32.6 Å². The number of benzene rings is 1. The second kappa shape index (κ2) is 7.04. The number of rotatable bonds is 2. The molecule has 11 heteroatoms. The van der Waals surface area contributed by atoms with E-state index in [9.17, 15) is 39.9 Å². The lowest BCUT2D eigenvalue weighted by Gasteiger charge is -2.51. The number of nitrogens with two attached hydrogens (primary N) is 1. The number of hydrogen-bond donors (Lipinski definition) is 6. The molecule has 0 radical (unpaired) electrons. The van der Waals surface area contributed by atoms with Gasteiger partial charge < -0.3 is 31.3 Å². The molecule has 1 aromatic rings. The summed E-state index contributed by atoms with van der Waals surface area (Å²) >= 11 is 6.17. The third-order valence-electron chi connectivity index (χ3n) is 6.50. The molecule has 0 spiro atoms. The molecule has 32 heavy (non-hydrogen) atoms. The van der Waals surface area contributed by atoms with Gasteiger partial charge >= 0.3 is 0 Å². The lowest BCUT2D eigenvalue weighted by molar-refractivity contribution is -0.155. The molecule has 0 aromatic heterocycles. The van der Waals surface area contributed by atoms with Crippen molar-refractivity contribution in [3.8, 4) is 5.75 Å². The predicted octanol–water partition coefficient (Wildman–Crippen LogP) is 0.108. The Morgan fingerprint density at radius 3 is 2.56 bits per heavy atom. The minimum atomic E-state index is -3.05. The summed E-state index contributed by atoms with van der Waals surface area (Å²) in [7, 11) is 1.01. The third kappa shape index (κ3) is 2.61. The zero-order valence-electron chi connectivity index (χ0n) is 19.5. The second-order valence-corrected chi connectivity index (χ2v) is 8.52. The Kier molecular flexibility index (Phi) is 4.10. The first-order valence-electron chi connectivity index (χ1n) is 11.0. The Bertz CT molecular complexity index is 1260. The highest BCUT2D eigenvalue weighted by molar-refractivity contribution is 6.32. The van der Waals surface area contributed by atoms with Crippen LogP contribution in [0.2, 0.25) is 5.02 Å². The molecule has 4 rings (SSSR count). The Morgan fingerprint density at radius 2 is 1.97 bits per heavy atom. The van der Waals surface area contributed by atoms with Crippen molar-refractivity contribution in [2.24, 2.45) is 17.6 Å². The first-order chi connectivity index (χ1) is 16.1. The van der Waals surface area contributed by atoms with Crippen molar-refractivity contribution in [1.82, 2.24) is 4.90 Å². The number of phenols is 1. The SMILES string of the molecule is [2H]C([2H])([2H])N(C)[C@H]1C(=O)C(C(N)=O)=C(O)[C@]2(O)C(=O)C3=C(O)c4c(O)ccc(Cl)c4[C@H](O)[C@@H]3C[C@H]12. The Balaban J connectivity index is 2.03. The molecule has 1 fully saturated rings. The number of phenolic OH excluding ortho intramolecular Hbond substituents is 1. The average molecular weight is 468 g/mol. The van der Waals surface area contributed by atoms with E-state index in [1.54, 1.807) is 0 Å². The van der Waals surface area contributed by atoms with Gasteiger partial charge in [-0.2, -0.15) is 0 Å². The highest BCUT2D eigenvalue weighted by Gasteiger charge is 2.65. The number of aliphatic hydroxyl groups excluding tert-OH is 3. The summed E-state index contributed by atoms with van der Waals surface area (Å²) in [6, 6.07) is 0.520. The molecule has 1 saturated carbocycles. The highest BCUT2D eigenvalue weighted by Crippen LogP contribution is 2.56. The molecule has 1 aromatic carbocycles. The third-order valence-corrected chi connectivity index (χ3v) is 6.83. The number of halogens is 1. The van der Waals surface area contributed by atoms with E-state index in [4.69, 9.17) is 21.4 Å². The maximum absolute atomic E-state index is 13.7. The van der Waals surface area contributed by atoms with Crippen LogP contribution in [0, 0.1) is 11.8 Å². The maximum Gasteiger partial charge on any atom is 0.255 e. The summed E-state index contributed by atoms with van der Waals surface area (Å²) < 4.78 is 23.1. The van der Waals surface area contributed by atoms with Gasteiger partial charge in [0.05, 0.1) is 17.7 Å². The van der Waals surface area contributed by atoms with Gasteiger partial charge in [-0.1, -0.05) is 11.6 Å². The van der Waals surface area contributed by atoms with Crippen LogP contribution >= 0.6 is 11.6 Å². The van der Waals surface area contributed by atoms with Gasteiger partial charge in [0.25, 0.3) is 5.91 Å². The van der Waals surface area contributed by atoms with Crippen molar-refractivity contribution in [2.75, 3.05) is 14.0 Å². The fourth-order valence-electron chi connectivity index (χ4n) is 5.09. The van der Waals surface area contributed by atoms with Gasteiger partial charge in [-0.3, -0.25) is 19.3 Å². The summed E-state index contributed by atoms with van der Waals surface area (Å²) in [5.74, 6) is -9.87. The van der Waals surface area contributed by atoms with Crippen LogP contribution in [-0.2, 0) is 14.4 Å². The van der Waals surface area contributed by atoms with E-state index in [1.165, 1.54) is 6.07 Å². The quantitative estimate of drug-likeness (QED) is 0.329. The van der Waals surface area contributed by atoms with Crippen LogP contribution in [0.1, 0.15) is 27.8 Å². The van der Waals surface area contributed by atoms with E-state index in [0.717, 1.165) is 13.1 Å². The summed E-state index contributed by atoms with van der Waals surface area (Å²) in [6.45, 7) is -2.94. The molecule has 5 atom stereocenters. The monoisotopic (exact) mass is 467 g/mol. The Morgan fingerprint density at radius 1 is 1.31 bits per heavy atom.